The minimum atomic E-state index is -0.119. The van der Waals surface area contributed by atoms with E-state index in [9.17, 15) is 9.59 Å². The summed E-state index contributed by atoms with van der Waals surface area (Å²) in [6.07, 6.45) is 1.48. The lowest BCUT2D eigenvalue weighted by Crippen LogP contribution is -2.43. The van der Waals surface area contributed by atoms with Crippen LogP contribution in [-0.4, -0.2) is 63.2 Å². The van der Waals surface area contributed by atoms with Crippen LogP contribution in [0.5, 0.6) is 5.75 Å². The minimum absolute atomic E-state index is 0.0558. The first-order valence-electron chi connectivity index (χ1n) is 10.8. The lowest BCUT2D eigenvalue weighted by atomic mass is 10.0. The van der Waals surface area contributed by atoms with Crippen molar-refractivity contribution in [1.29, 1.82) is 0 Å². The Labute approximate surface area is 182 Å². The maximum absolute atomic E-state index is 12.8. The van der Waals surface area contributed by atoms with Gasteiger partial charge in [0.15, 0.2) is 0 Å². The molecule has 7 nitrogen and oxygen atoms in total. The molecule has 2 aromatic carbocycles. The Morgan fingerprint density at radius 1 is 1.06 bits per heavy atom. The summed E-state index contributed by atoms with van der Waals surface area (Å²) in [5, 5.41) is 3.09. The number of benzene rings is 2. The predicted octanol–water partition coefficient (Wildman–Crippen LogP) is 2.63. The van der Waals surface area contributed by atoms with E-state index in [1.54, 1.807) is 24.1 Å². The minimum Gasteiger partial charge on any atom is -0.497 e. The molecule has 0 aliphatic carbocycles. The molecule has 4 rings (SSSR count). The summed E-state index contributed by atoms with van der Waals surface area (Å²) in [4.78, 5) is 28.8. The van der Waals surface area contributed by atoms with Crippen LogP contribution in [0.25, 0.3) is 0 Å². The summed E-state index contributed by atoms with van der Waals surface area (Å²) in [5.74, 6) is 0.834. The molecule has 0 bridgehead atoms. The van der Waals surface area contributed by atoms with Crippen LogP contribution >= 0.6 is 0 Å². The highest BCUT2D eigenvalue weighted by Crippen LogP contribution is 2.24. The van der Waals surface area contributed by atoms with Crippen LogP contribution in [0.1, 0.15) is 34.8 Å². The van der Waals surface area contributed by atoms with Gasteiger partial charge in [0.1, 0.15) is 5.75 Å². The van der Waals surface area contributed by atoms with Gasteiger partial charge in [-0.2, -0.15) is 0 Å². The van der Waals surface area contributed by atoms with Gasteiger partial charge < -0.3 is 19.7 Å². The summed E-state index contributed by atoms with van der Waals surface area (Å²) in [7, 11) is 1.65. The lowest BCUT2D eigenvalue weighted by Gasteiger charge is -2.35. The fourth-order valence-electron chi connectivity index (χ4n) is 4.18. The maximum atomic E-state index is 12.8. The van der Waals surface area contributed by atoms with Gasteiger partial charge >= 0.3 is 0 Å². The molecule has 2 fully saturated rings. The van der Waals surface area contributed by atoms with Crippen LogP contribution in [0.3, 0.4) is 0 Å². The van der Waals surface area contributed by atoms with Crippen molar-refractivity contribution in [1.82, 2.24) is 10.2 Å². The third-order valence-electron chi connectivity index (χ3n) is 5.96. The predicted molar refractivity (Wildman–Crippen MR) is 118 cm³/mol. The zero-order valence-corrected chi connectivity index (χ0v) is 17.9. The van der Waals surface area contributed by atoms with Crippen molar-refractivity contribution in [3.05, 3.63) is 59.7 Å². The lowest BCUT2D eigenvalue weighted by molar-refractivity contribution is -0.117. The first kappa shape index (κ1) is 21.3. The Hall–Kier alpha value is -2.90. The van der Waals surface area contributed by atoms with Crippen LogP contribution in [0, 0.1) is 0 Å². The summed E-state index contributed by atoms with van der Waals surface area (Å²) in [6, 6.07) is 15.3. The Kier molecular flexibility index (Phi) is 6.84. The van der Waals surface area contributed by atoms with Crippen LogP contribution in [0.4, 0.5) is 5.69 Å². The van der Waals surface area contributed by atoms with Gasteiger partial charge in [-0.1, -0.05) is 12.1 Å². The Bertz CT molecular complexity index is 892. The Balaban J connectivity index is 1.43. The molecule has 2 aliphatic rings. The fraction of sp³-hybridized carbons (Fsp3) is 0.417. The highest BCUT2D eigenvalue weighted by Gasteiger charge is 2.24. The topological polar surface area (TPSA) is 71.1 Å². The molecule has 2 heterocycles. The number of carbonyl (C=O) groups is 2. The molecular formula is C24H29N3O4. The second-order valence-corrected chi connectivity index (χ2v) is 7.84. The van der Waals surface area contributed by atoms with Crippen LogP contribution in [0.2, 0.25) is 0 Å². The van der Waals surface area contributed by atoms with Crippen molar-refractivity contribution in [3.8, 4) is 5.75 Å². The molecule has 0 spiro atoms. The van der Waals surface area contributed by atoms with Crippen molar-refractivity contribution in [2.45, 2.75) is 18.9 Å². The monoisotopic (exact) mass is 423 g/mol. The highest BCUT2D eigenvalue weighted by atomic mass is 16.5. The molecular weight excluding hydrogens is 394 g/mol. The molecule has 164 valence electrons. The summed E-state index contributed by atoms with van der Waals surface area (Å²) in [5.41, 5.74) is 2.57. The number of amides is 2. The normalized spacial score (nSPS) is 18.1. The van der Waals surface area contributed by atoms with Crippen molar-refractivity contribution < 1.29 is 19.1 Å². The van der Waals surface area contributed by atoms with Crippen LogP contribution in [0.15, 0.2) is 48.5 Å². The van der Waals surface area contributed by atoms with Crippen molar-refractivity contribution in [2.75, 3.05) is 51.4 Å². The second-order valence-electron chi connectivity index (χ2n) is 7.84. The largest absolute Gasteiger partial charge is 0.497 e. The number of nitrogens with one attached hydrogen (secondary N) is 1. The van der Waals surface area contributed by atoms with Crippen molar-refractivity contribution >= 4 is 17.5 Å². The van der Waals surface area contributed by atoms with E-state index in [0.717, 1.165) is 43.1 Å². The van der Waals surface area contributed by atoms with E-state index < -0.39 is 0 Å². The number of anilines is 1. The van der Waals surface area contributed by atoms with E-state index in [1.165, 1.54) is 0 Å². The molecule has 0 saturated carbocycles. The van der Waals surface area contributed by atoms with Gasteiger partial charge in [0.2, 0.25) is 5.91 Å². The van der Waals surface area contributed by atoms with Crippen LogP contribution in [-0.2, 0) is 9.53 Å². The highest BCUT2D eigenvalue weighted by molar-refractivity contribution is 5.97. The smallest absolute Gasteiger partial charge is 0.251 e. The number of hydrogen-bond acceptors (Lipinski definition) is 5. The molecule has 2 saturated heterocycles. The standard InChI is InChI=1S/C24H29N3O4/c1-30-21-10-6-18(7-11-21)22(26-13-15-31-16-14-26)17-25-24(29)19-4-8-20(9-5-19)27-12-2-3-23(27)28/h4-11,22H,2-3,12-17H2,1H3,(H,25,29)/t22-/m0/s1. The molecule has 2 amide bonds. The molecule has 31 heavy (non-hydrogen) atoms. The zero-order valence-electron chi connectivity index (χ0n) is 17.9. The third kappa shape index (κ3) is 5.06. The third-order valence-corrected chi connectivity index (χ3v) is 5.96. The summed E-state index contributed by atoms with van der Waals surface area (Å²) in [6.45, 7) is 4.27. The first-order valence-corrected chi connectivity index (χ1v) is 10.8. The average Bonchev–Trinajstić information content (AvgIpc) is 3.26. The van der Waals surface area contributed by atoms with E-state index in [4.69, 9.17) is 9.47 Å². The van der Waals surface area contributed by atoms with Gasteiger partial charge in [-0.15, -0.1) is 0 Å². The molecule has 2 aliphatic heterocycles. The molecule has 7 heteroatoms. The Morgan fingerprint density at radius 3 is 2.39 bits per heavy atom. The molecule has 1 N–H and O–H groups in total. The summed E-state index contributed by atoms with van der Waals surface area (Å²) < 4.78 is 10.8. The number of hydrogen-bond donors (Lipinski definition) is 1. The van der Waals surface area contributed by atoms with Gasteiger partial charge in [-0.25, -0.2) is 0 Å². The first-order chi connectivity index (χ1) is 15.2. The van der Waals surface area contributed by atoms with Gasteiger partial charge in [-0.3, -0.25) is 14.5 Å². The summed E-state index contributed by atoms with van der Waals surface area (Å²) >= 11 is 0. The maximum Gasteiger partial charge on any atom is 0.251 e. The van der Waals surface area contributed by atoms with Crippen molar-refractivity contribution in [2.24, 2.45) is 0 Å². The molecule has 0 radical (unpaired) electrons. The number of ether oxygens (including phenoxy) is 2. The number of rotatable bonds is 7. The molecule has 0 aromatic heterocycles. The fourth-order valence-corrected chi connectivity index (χ4v) is 4.18. The van der Waals surface area contributed by atoms with Gasteiger partial charge in [-0.05, 0) is 48.4 Å². The van der Waals surface area contributed by atoms with Crippen LogP contribution < -0.4 is 15.0 Å². The number of carbonyl (C=O) groups excluding carboxylic acids is 2. The van der Waals surface area contributed by atoms with E-state index in [2.05, 4.69) is 10.2 Å². The van der Waals surface area contributed by atoms with E-state index in [1.807, 2.05) is 36.4 Å². The van der Waals surface area contributed by atoms with Crippen molar-refractivity contribution in [3.63, 3.8) is 0 Å². The van der Waals surface area contributed by atoms with E-state index in [-0.39, 0.29) is 17.9 Å². The van der Waals surface area contributed by atoms with E-state index in [0.29, 0.717) is 31.7 Å². The average molecular weight is 424 g/mol. The molecule has 2 aromatic rings. The molecule has 1 atom stereocenters. The van der Waals surface area contributed by atoms with Gasteiger partial charge in [0.25, 0.3) is 5.91 Å². The number of morpholine rings is 1. The number of methoxy groups -OCH3 is 1. The molecule has 0 unspecified atom stereocenters. The quantitative estimate of drug-likeness (QED) is 0.741. The van der Waals surface area contributed by atoms with E-state index >= 15 is 0 Å². The zero-order chi connectivity index (χ0) is 21.6. The number of nitrogens with zero attached hydrogens (tertiary/aromatic N) is 2. The second kappa shape index (κ2) is 9.94. The Morgan fingerprint density at radius 2 is 1.77 bits per heavy atom. The van der Waals surface area contributed by atoms with Gasteiger partial charge in [0, 0.05) is 43.9 Å². The SMILES string of the molecule is COc1ccc([C@H](CNC(=O)c2ccc(N3CCCC3=O)cc2)N2CCOCC2)cc1. The van der Waals surface area contributed by atoms with Gasteiger partial charge in [0.05, 0.1) is 26.4 Å².